The molecule has 1 aliphatic carbocycles. The van der Waals surface area contributed by atoms with Crippen molar-refractivity contribution in [1.29, 1.82) is 0 Å². The highest BCUT2D eigenvalue weighted by molar-refractivity contribution is 7.80. The number of likely N-dealkylation sites (N-methyl/N-ethyl adjacent to an activating group) is 1. The second-order valence-corrected chi connectivity index (χ2v) is 9.00. The van der Waals surface area contributed by atoms with Gasteiger partial charge in [-0.3, -0.25) is 4.90 Å². The molecule has 0 bridgehead atoms. The highest BCUT2D eigenvalue weighted by atomic mass is 32.1. The van der Waals surface area contributed by atoms with E-state index in [4.69, 9.17) is 12.2 Å². The van der Waals surface area contributed by atoms with E-state index in [1.165, 1.54) is 60.2 Å². The van der Waals surface area contributed by atoms with E-state index in [1.807, 2.05) is 0 Å². The molecule has 0 unspecified atom stereocenters. The van der Waals surface area contributed by atoms with E-state index in [0.29, 0.717) is 6.04 Å². The van der Waals surface area contributed by atoms with Gasteiger partial charge >= 0.3 is 0 Å². The molecule has 3 nitrogen and oxygen atoms in total. The molecule has 0 radical (unpaired) electrons. The number of aryl methyl sites for hydroxylation is 2. The van der Waals surface area contributed by atoms with Crippen LogP contribution in [0.1, 0.15) is 53.8 Å². The third-order valence-electron chi connectivity index (χ3n) is 5.96. The van der Waals surface area contributed by atoms with Gasteiger partial charge in [0.2, 0.25) is 0 Å². The Kier molecular flexibility index (Phi) is 6.11. The van der Waals surface area contributed by atoms with Crippen LogP contribution in [0.15, 0.2) is 35.7 Å². The van der Waals surface area contributed by atoms with Crippen molar-refractivity contribution in [1.82, 2.24) is 15.5 Å². The second-order valence-electron chi connectivity index (χ2n) is 7.61. The fraction of sp³-hybridized carbons (Fsp3) is 0.500. The fourth-order valence-corrected chi connectivity index (χ4v) is 5.48. The largest absolute Gasteiger partial charge is 0.361 e. The van der Waals surface area contributed by atoms with Crippen LogP contribution in [0.25, 0.3) is 0 Å². The molecular formula is C22H29N3S2. The average molecular weight is 400 g/mol. The van der Waals surface area contributed by atoms with Crippen LogP contribution in [0.4, 0.5) is 0 Å². The second kappa shape index (κ2) is 8.72. The van der Waals surface area contributed by atoms with E-state index in [9.17, 15) is 0 Å². The molecule has 27 heavy (non-hydrogen) atoms. The predicted molar refractivity (Wildman–Crippen MR) is 119 cm³/mol. The Bertz CT molecular complexity index is 772. The summed E-state index contributed by atoms with van der Waals surface area (Å²) in [6, 6.07) is 12.0. The van der Waals surface area contributed by atoms with Gasteiger partial charge in [0.05, 0.1) is 6.04 Å². The molecule has 0 amide bonds. The first-order chi connectivity index (χ1) is 13.2. The maximum Gasteiger partial charge on any atom is 0.167 e. The van der Waals surface area contributed by atoms with Gasteiger partial charge in [-0.15, -0.1) is 11.3 Å². The normalized spacial score (nSPS) is 20.4. The summed E-state index contributed by atoms with van der Waals surface area (Å²) in [5.74, 6) is 0. The van der Waals surface area contributed by atoms with Gasteiger partial charge in [0, 0.05) is 17.5 Å². The van der Waals surface area contributed by atoms with E-state index < -0.39 is 0 Å². The molecule has 4 rings (SSSR count). The molecule has 1 saturated heterocycles. The van der Waals surface area contributed by atoms with Crippen molar-refractivity contribution in [2.24, 2.45) is 0 Å². The summed E-state index contributed by atoms with van der Waals surface area (Å²) in [5, 5.41) is 9.99. The maximum atomic E-state index is 5.68. The van der Waals surface area contributed by atoms with E-state index >= 15 is 0 Å². The van der Waals surface area contributed by atoms with Crippen LogP contribution >= 0.6 is 23.6 Å². The third-order valence-corrected chi connectivity index (χ3v) is 7.16. The summed E-state index contributed by atoms with van der Waals surface area (Å²) in [4.78, 5) is 3.86. The minimum atomic E-state index is 0.127. The number of thiocarbonyl (C=S) groups is 1. The summed E-state index contributed by atoms with van der Waals surface area (Å²) in [6.07, 6.45) is 6.28. The Morgan fingerprint density at radius 2 is 2.15 bits per heavy atom. The van der Waals surface area contributed by atoms with Crippen molar-refractivity contribution < 1.29 is 0 Å². The zero-order chi connectivity index (χ0) is 18.6. The van der Waals surface area contributed by atoms with Crippen LogP contribution < -0.4 is 10.6 Å². The Morgan fingerprint density at radius 1 is 1.26 bits per heavy atom. The molecule has 2 aliphatic rings. The Labute approximate surface area is 172 Å². The van der Waals surface area contributed by atoms with Gasteiger partial charge in [0.1, 0.15) is 0 Å². The zero-order valence-electron chi connectivity index (χ0n) is 16.0. The van der Waals surface area contributed by atoms with Gasteiger partial charge < -0.3 is 10.6 Å². The molecule has 2 atom stereocenters. The molecule has 1 aromatic heterocycles. The zero-order valence-corrected chi connectivity index (χ0v) is 17.7. The summed E-state index contributed by atoms with van der Waals surface area (Å²) in [6.45, 7) is 5.52. The molecule has 2 heterocycles. The van der Waals surface area contributed by atoms with E-state index in [1.54, 1.807) is 11.3 Å². The van der Waals surface area contributed by atoms with Crippen molar-refractivity contribution in [3.8, 4) is 0 Å². The smallest absolute Gasteiger partial charge is 0.167 e. The molecule has 2 N–H and O–H groups in total. The molecule has 2 aromatic rings. The van der Waals surface area contributed by atoms with Crippen LogP contribution in [0.2, 0.25) is 0 Å². The Hall–Kier alpha value is -1.43. The Balaban J connectivity index is 1.45. The van der Waals surface area contributed by atoms with Crippen LogP contribution in [0.5, 0.6) is 0 Å². The third kappa shape index (κ3) is 4.36. The van der Waals surface area contributed by atoms with Gasteiger partial charge in [0.15, 0.2) is 5.11 Å². The number of likely N-dealkylation sites (tertiary alicyclic amines) is 1. The summed E-state index contributed by atoms with van der Waals surface area (Å²) in [5.41, 5.74) is 4.35. The quantitative estimate of drug-likeness (QED) is 0.709. The van der Waals surface area contributed by atoms with Crippen LogP contribution in [-0.2, 0) is 12.8 Å². The number of fused-ring (bicyclic) bond motifs is 1. The van der Waals surface area contributed by atoms with Gasteiger partial charge in [-0.2, -0.15) is 0 Å². The molecule has 0 saturated carbocycles. The lowest BCUT2D eigenvalue weighted by atomic mass is 10.00. The van der Waals surface area contributed by atoms with Crippen molar-refractivity contribution >= 4 is 28.7 Å². The molecule has 1 aliphatic heterocycles. The number of nitrogens with zero attached hydrogens (tertiary/aromatic N) is 1. The van der Waals surface area contributed by atoms with Crippen LogP contribution in [0, 0.1) is 0 Å². The first-order valence-electron chi connectivity index (χ1n) is 10.2. The fourth-order valence-electron chi connectivity index (χ4n) is 4.48. The van der Waals surface area contributed by atoms with Gasteiger partial charge in [0.25, 0.3) is 0 Å². The molecule has 5 heteroatoms. The number of nitrogens with one attached hydrogen (secondary N) is 2. The lowest BCUT2D eigenvalue weighted by Gasteiger charge is -2.25. The number of hydrogen-bond acceptors (Lipinski definition) is 3. The lowest BCUT2D eigenvalue weighted by Crippen LogP contribution is -2.44. The number of hydrogen-bond donors (Lipinski definition) is 2. The van der Waals surface area contributed by atoms with Gasteiger partial charge in [-0.05, 0) is 85.5 Å². The molecule has 144 valence electrons. The van der Waals surface area contributed by atoms with Crippen molar-refractivity contribution in [2.45, 2.75) is 51.1 Å². The van der Waals surface area contributed by atoms with Gasteiger partial charge in [-0.1, -0.05) is 31.2 Å². The first-order valence-corrected chi connectivity index (χ1v) is 11.5. The van der Waals surface area contributed by atoms with Crippen molar-refractivity contribution in [3.05, 3.63) is 57.3 Å². The van der Waals surface area contributed by atoms with E-state index in [0.717, 1.165) is 18.2 Å². The lowest BCUT2D eigenvalue weighted by molar-refractivity contribution is 0.267. The summed E-state index contributed by atoms with van der Waals surface area (Å²) in [7, 11) is 0. The molecule has 0 spiro atoms. The van der Waals surface area contributed by atoms with Crippen LogP contribution in [-0.4, -0.2) is 35.7 Å². The number of thiophene rings is 1. The summed E-state index contributed by atoms with van der Waals surface area (Å²) < 4.78 is 0. The molecular weight excluding hydrogens is 370 g/mol. The predicted octanol–water partition coefficient (Wildman–Crippen LogP) is 4.27. The monoisotopic (exact) mass is 399 g/mol. The minimum Gasteiger partial charge on any atom is -0.361 e. The highest BCUT2D eigenvalue weighted by Gasteiger charge is 2.24. The first kappa shape index (κ1) is 18.9. The average Bonchev–Trinajstić information content (AvgIpc) is 3.45. The SMILES string of the molecule is CCN1CCC[C@@H]1CNC(=S)N[C@H](c1ccc2c(c1)CCC2)c1cccs1. The molecule has 1 fully saturated rings. The number of rotatable bonds is 6. The van der Waals surface area contributed by atoms with E-state index in [-0.39, 0.29) is 6.04 Å². The van der Waals surface area contributed by atoms with Crippen molar-refractivity contribution in [2.75, 3.05) is 19.6 Å². The van der Waals surface area contributed by atoms with E-state index in [2.05, 4.69) is 58.2 Å². The topological polar surface area (TPSA) is 27.3 Å². The van der Waals surface area contributed by atoms with Crippen molar-refractivity contribution in [3.63, 3.8) is 0 Å². The highest BCUT2D eigenvalue weighted by Crippen LogP contribution is 2.30. The number of benzene rings is 1. The summed E-state index contributed by atoms with van der Waals surface area (Å²) >= 11 is 7.47. The Morgan fingerprint density at radius 3 is 2.96 bits per heavy atom. The minimum absolute atomic E-state index is 0.127. The van der Waals surface area contributed by atoms with Crippen LogP contribution in [0.3, 0.4) is 0 Å². The molecule has 1 aromatic carbocycles. The standard InChI is InChI=1S/C22H29N3S2/c1-2-25-12-4-8-19(25)15-23-22(26)24-21(20-9-5-13-27-20)18-11-10-16-6-3-7-17(16)14-18/h5,9-11,13-14,19,21H,2-4,6-8,12,15H2,1H3,(H2,23,24,26)/t19-,21-/m1/s1. The van der Waals surface area contributed by atoms with Gasteiger partial charge in [-0.25, -0.2) is 0 Å². The maximum absolute atomic E-state index is 5.68.